The van der Waals surface area contributed by atoms with Crippen LogP contribution in [0.1, 0.15) is 91.0 Å². The van der Waals surface area contributed by atoms with Crippen molar-refractivity contribution in [3.8, 4) is 5.75 Å². The summed E-state index contributed by atoms with van der Waals surface area (Å²) in [4.78, 5) is 21.4. The highest BCUT2D eigenvalue weighted by atomic mass is 32.1. The number of aromatic amines is 1. The molecule has 0 aliphatic carbocycles. The molecule has 10 nitrogen and oxygen atoms in total. The van der Waals surface area contributed by atoms with E-state index in [0.717, 1.165) is 123 Å². The van der Waals surface area contributed by atoms with Crippen LogP contribution in [-0.4, -0.2) is 101 Å². The first-order valence-electron chi connectivity index (χ1n) is 21.8. The molecule has 8 rings (SSSR count). The minimum atomic E-state index is -0.201. The summed E-state index contributed by atoms with van der Waals surface area (Å²) >= 11 is 1.75. The van der Waals surface area contributed by atoms with E-state index in [2.05, 4.69) is 131 Å². The number of aryl methyl sites for hydroxylation is 1. The van der Waals surface area contributed by atoms with Crippen molar-refractivity contribution in [2.45, 2.75) is 88.2 Å². The van der Waals surface area contributed by atoms with Gasteiger partial charge in [0.25, 0.3) is 0 Å². The largest absolute Gasteiger partial charge is 0.494 e. The average molecular weight is 815 g/mol. The van der Waals surface area contributed by atoms with Crippen molar-refractivity contribution in [2.75, 3.05) is 53.4 Å². The summed E-state index contributed by atoms with van der Waals surface area (Å²) in [6, 6.07) is 34.4. The number of unbranched alkanes of at least 4 members (excludes halogenated alkanes) is 1. The van der Waals surface area contributed by atoms with Gasteiger partial charge in [-0.2, -0.15) is 0 Å². The second-order valence-corrected chi connectivity index (χ2v) is 17.7. The van der Waals surface area contributed by atoms with Crippen molar-refractivity contribution in [3.05, 3.63) is 125 Å². The van der Waals surface area contributed by atoms with E-state index in [1.54, 1.807) is 11.3 Å². The zero-order valence-electron chi connectivity index (χ0n) is 34.8. The highest BCUT2D eigenvalue weighted by Crippen LogP contribution is 2.38. The van der Waals surface area contributed by atoms with Crippen LogP contribution in [-0.2, 0) is 11.2 Å². The number of hydrogen-bond donors (Lipinski definition) is 3. The van der Waals surface area contributed by atoms with E-state index in [1.807, 2.05) is 0 Å². The van der Waals surface area contributed by atoms with Crippen LogP contribution in [0.25, 0.3) is 21.3 Å². The second kappa shape index (κ2) is 19.9. The molecule has 6 aromatic rings. The number of rotatable bonds is 18. The monoisotopic (exact) mass is 814 g/mol. The highest BCUT2D eigenvalue weighted by molar-refractivity contribution is 7.18. The van der Waals surface area contributed by atoms with Crippen molar-refractivity contribution in [1.82, 2.24) is 29.7 Å². The molecule has 3 unspecified atom stereocenters. The molecule has 2 fully saturated rings. The van der Waals surface area contributed by atoms with Gasteiger partial charge in [-0.05, 0) is 145 Å². The summed E-state index contributed by atoms with van der Waals surface area (Å²) in [5.74, 6) is 1.78. The lowest BCUT2D eigenvalue weighted by atomic mass is 9.95. The Hall–Kier alpha value is -4.20. The molecule has 2 saturated heterocycles. The van der Waals surface area contributed by atoms with Crippen LogP contribution < -0.4 is 16.2 Å². The van der Waals surface area contributed by atoms with Crippen molar-refractivity contribution < 1.29 is 9.47 Å². The van der Waals surface area contributed by atoms with Crippen molar-refractivity contribution >= 4 is 32.6 Å². The molecule has 3 atom stereocenters. The van der Waals surface area contributed by atoms with Gasteiger partial charge in [-0.15, -0.1) is 11.3 Å². The van der Waals surface area contributed by atoms with Crippen molar-refractivity contribution in [1.29, 1.82) is 0 Å². The van der Waals surface area contributed by atoms with Crippen LogP contribution in [0.15, 0.2) is 97.1 Å². The predicted octanol–water partition coefficient (Wildman–Crippen LogP) is 8.28. The third-order valence-corrected chi connectivity index (χ3v) is 13.3. The quantitative estimate of drug-likeness (QED) is 0.0582. The molecule has 59 heavy (non-hydrogen) atoms. The number of likely N-dealkylation sites (tertiary alicyclic amines) is 2. The fourth-order valence-corrected chi connectivity index (χ4v) is 9.95. The molecule has 0 saturated carbocycles. The maximum absolute atomic E-state index is 7.47. The fourth-order valence-electron chi connectivity index (χ4n) is 8.92. The van der Waals surface area contributed by atoms with E-state index in [9.17, 15) is 0 Å². The summed E-state index contributed by atoms with van der Waals surface area (Å²) in [7, 11) is 4.42. The molecule has 11 heteroatoms. The Balaban J connectivity index is 1.05. The minimum absolute atomic E-state index is 0.173. The zero-order valence-corrected chi connectivity index (χ0v) is 35.7. The number of ether oxygens (including phenoxy) is 2. The predicted molar refractivity (Wildman–Crippen MR) is 241 cm³/mol. The maximum atomic E-state index is 7.47. The van der Waals surface area contributed by atoms with Gasteiger partial charge in [-0.25, -0.2) is 9.97 Å². The maximum Gasteiger partial charge on any atom is 0.134 e. The molecule has 2 aliphatic heterocycles. The third kappa shape index (κ3) is 10.4. The number of para-hydroxylation sites is 3. The molecule has 312 valence electrons. The number of fused-ring (bicyclic) bond motifs is 2. The smallest absolute Gasteiger partial charge is 0.134 e. The first-order valence-corrected chi connectivity index (χ1v) is 22.6. The van der Waals surface area contributed by atoms with Gasteiger partial charge in [0, 0.05) is 19.1 Å². The van der Waals surface area contributed by atoms with Gasteiger partial charge in [0.05, 0.1) is 46.2 Å². The number of nitrogens with two attached hydrogens (primary N) is 2. The minimum Gasteiger partial charge on any atom is -0.494 e. The lowest BCUT2D eigenvalue weighted by molar-refractivity contribution is -0.0234. The molecule has 4 heterocycles. The number of imidazole rings is 1. The Bertz CT molecular complexity index is 2160. The zero-order chi connectivity index (χ0) is 40.6. The molecular weight excluding hydrogens is 753 g/mol. The summed E-state index contributed by atoms with van der Waals surface area (Å²) in [6.45, 7) is 5.49. The third-order valence-electron chi connectivity index (χ3n) is 12.2. The van der Waals surface area contributed by atoms with Crippen LogP contribution in [0.3, 0.4) is 0 Å². The number of hydrogen-bond acceptors (Lipinski definition) is 10. The van der Waals surface area contributed by atoms with Crippen LogP contribution in [0, 0.1) is 0 Å². The molecular formula is C48H62N8O2S. The average Bonchev–Trinajstić information content (AvgIpc) is 3.89. The van der Waals surface area contributed by atoms with Gasteiger partial charge in [0.15, 0.2) is 0 Å². The number of H-pyrrole nitrogens is 1. The number of benzene rings is 4. The van der Waals surface area contributed by atoms with E-state index < -0.39 is 0 Å². The van der Waals surface area contributed by atoms with Crippen LogP contribution >= 0.6 is 11.3 Å². The van der Waals surface area contributed by atoms with Crippen LogP contribution in [0.5, 0.6) is 5.75 Å². The Morgan fingerprint density at radius 3 is 2.31 bits per heavy atom. The Morgan fingerprint density at radius 1 is 0.797 bits per heavy atom. The number of aromatic nitrogens is 3. The Labute approximate surface area is 353 Å². The molecule has 5 N–H and O–H groups in total. The standard InChI is InChI=1S/C48H62N8O2S/c1-54-27-22-37(23-28-54)56(45(47-51-40-17-3-4-18-41(40)52-47)35-14-11-16-39(33-35)57-31-8-7-26-49)44(50)21-10-13-34-12-9-15-36(32-34)46(58-38-24-29-55(2)30-25-38)48-53-42-19-5-6-20-43(42)59-48/h3-6,9,11-12,14-20,32-33,37-38,44-46H,7-8,10,13,21-31,49-50H2,1-2H3,(H,51,52). The first kappa shape index (κ1) is 41.5. The van der Waals surface area contributed by atoms with Gasteiger partial charge in [0.1, 0.15) is 22.7 Å². The van der Waals surface area contributed by atoms with E-state index in [1.165, 1.54) is 15.8 Å². The summed E-state index contributed by atoms with van der Waals surface area (Å²) in [6.07, 6.45) is 8.55. The summed E-state index contributed by atoms with van der Waals surface area (Å²) in [5.41, 5.74) is 19.9. The number of nitrogens with zero attached hydrogens (tertiary/aromatic N) is 5. The summed E-state index contributed by atoms with van der Waals surface area (Å²) in [5, 5.41) is 1.03. The molecule has 0 bridgehead atoms. The van der Waals surface area contributed by atoms with Gasteiger partial charge in [0.2, 0.25) is 0 Å². The van der Waals surface area contributed by atoms with E-state index in [4.69, 9.17) is 30.9 Å². The molecule has 2 aromatic heterocycles. The molecule has 0 radical (unpaired) electrons. The molecule has 0 spiro atoms. The van der Waals surface area contributed by atoms with Crippen LogP contribution in [0.2, 0.25) is 0 Å². The molecule has 0 amide bonds. The lowest BCUT2D eigenvalue weighted by Gasteiger charge is -2.44. The van der Waals surface area contributed by atoms with Crippen LogP contribution in [0.4, 0.5) is 0 Å². The summed E-state index contributed by atoms with van der Waals surface area (Å²) < 4.78 is 14.4. The Kier molecular flexibility index (Phi) is 14.0. The number of thiazole rings is 1. The number of piperidine rings is 2. The topological polar surface area (TPSA) is 122 Å². The lowest BCUT2D eigenvalue weighted by Crippen LogP contribution is -2.53. The fraction of sp³-hybridized carbons (Fsp3) is 0.458. The Morgan fingerprint density at radius 2 is 1.53 bits per heavy atom. The van der Waals surface area contributed by atoms with E-state index in [0.29, 0.717) is 19.2 Å². The number of nitrogens with one attached hydrogen (secondary N) is 1. The van der Waals surface area contributed by atoms with Crippen molar-refractivity contribution in [3.63, 3.8) is 0 Å². The van der Waals surface area contributed by atoms with E-state index >= 15 is 0 Å². The van der Waals surface area contributed by atoms with Gasteiger partial charge >= 0.3 is 0 Å². The van der Waals surface area contributed by atoms with Gasteiger partial charge < -0.3 is 35.7 Å². The first-order chi connectivity index (χ1) is 28.9. The normalized spacial score (nSPS) is 17.8. The highest BCUT2D eigenvalue weighted by Gasteiger charge is 2.36. The SMILES string of the molecule is CN1CCC(OC(c2cccc(CCCC(N)N(C3CCN(C)CC3)C(c3cccc(OCCCCN)c3)c3nc4ccccc4[nH]3)c2)c2nc3ccccc3s2)CC1. The van der Waals surface area contributed by atoms with Gasteiger partial charge in [-0.1, -0.05) is 60.7 Å². The van der Waals surface area contributed by atoms with Gasteiger partial charge in [-0.3, -0.25) is 4.90 Å². The second-order valence-electron chi connectivity index (χ2n) is 16.7. The molecule has 2 aliphatic rings. The molecule has 4 aromatic carbocycles. The van der Waals surface area contributed by atoms with Crippen molar-refractivity contribution in [2.24, 2.45) is 11.5 Å². The van der Waals surface area contributed by atoms with E-state index in [-0.39, 0.29) is 24.4 Å².